The normalized spacial score (nSPS) is 14.7. The molecule has 5 nitrogen and oxygen atoms in total. The number of amides is 2. The lowest BCUT2D eigenvalue weighted by molar-refractivity contribution is -0.135. The molecular formula is C23H24ClN3O2. The van der Waals surface area contributed by atoms with Crippen molar-refractivity contribution in [2.24, 2.45) is 5.92 Å². The van der Waals surface area contributed by atoms with Crippen LogP contribution in [0.25, 0.3) is 10.9 Å². The summed E-state index contributed by atoms with van der Waals surface area (Å²) in [7, 11) is 0. The molecule has 4 rings (SSSR count). The molecule has 29 heavy (non-hydrogen) atoms. The second-order valence-corrected chi connectivity index (χ2v) is 8.28. The fraction of sp³-hybridized carbons (Fsp3) is 0.304. The van der Waals surface area contributed by atoms with Gasteiger partial charge in [0.25, 0.3) is 5.91 Å². The van der Waals surface area contributed by atoms with Gasteiger partial charge in [-0.1, -0.05) is 43.6 Å². The third kappa shape index (κ3) is 3.87. The summed E-state index contributed by atoms with van der Waals surface area (Å²) in [6.07, 6.45) is 0.783. The van der Waals surface area contributed by atoms with Gasteiger partial charge in [0.1, 0.15) is 6.04 Å². The molecule has 1 aliphatic heterocycles. The first-order valence-corrected chi connectivity index (χ1v) is 10.3. The molecule has 0 fully saturated rings. The van der Waals surface area contributed by atoms with Crippen LogP contribution in [0.3, 0.4) is 0 Å². The Morgan fingerprint density at radius 1 is 1.10 bits per heavy atom. The average molecular weight is 410 g/mol. The van der Waals surface area contributed by atoms with Gasteiger partial charge in [-0.15, -0.1) is 0 Å². The number of nitrogens with zero attached hydrogens (tertiary/aromatic N) is 1. The number of carbonyl (C=O) groups is 2. The van der Waals surface area contributed by atoms with Crippen molar-refractivity contribution >= 4 is 34.3 Å². The fourth-order valence-electron chi connectivity index (χ4n) is 3.89. The van der Waals surface area contributed by atoms with Crippen LogP contribution in [0.2, 0.25) is 5.02 Å². The molecule has 2 amide bonds. The summed E-state index contributed by atoms with van der Waals surface area (Å²) in [5, 5.41) is 4.65. The topological polar surface area (TPSA) is 65.2 Å². The maximum absolute atomic E-state index is 13.3. The second kappa shape index (κ2) is 7.91. The Morgan fingerprint density at radius 2 is 1.83 bits per heavy atom. The molecule has 6 heteroatoms. The summed E-state index contributed by atoms with van der Waals surface area (Å²) in [6.45, 7) is 5.09. The Morgan fingerprint density at radius 3 is 2.55 bits per heavy atom. The van der Waals surface area contributed by atoms with E-state index in [1.165, 1.54) is 11.3 Å². The number of hydrogen-bond donors (Lipinski definition) is 2. The predicted molar refractivity (Wildman–Crippen MR) is 115 cm³/mol. The van der Waals surface area contributed by atoms with Gasteiger partial charge in [-0.25, -0.2) is 0 Å². The number of rotatable bonds is 4. The minimum Gasteiger partial charge on any atom is -0.358 e. The van der Waals surface area contributed by atoms with Gasteiger partial charge >= 0.3 is 0 Å². The number of benzene rings is 2. The second-order valence-electron chi connectivity index (χ2n) is 7.84. The molecular weight excluding hydrogens is 386 g/mol. The molecule has 2 heterocycles. The number of aromatic nitrogens is 1. The van der Waals surface area contributed by atoms with Crippen molar-refractivity contribution in [2.45, 2.75) is 32.9 Å². The molecule has 150 valence electrons. The van der Waals surface area contributed by atoms with E-state index in [-0.39, 0.29) is 17.7 Å². The summed E-state index contributed by atoms with van der Waals surface area (Å²) >= 11 is 5.90. The molecule has 0 aliphatic carbocycles. The number of para-hydroxylation sites is 1. The van der Waals surface area contributed by atoms with Crippen molar-refractivity contribution in [3.05, 3.63) is 70.4 Å². The highest BCUT2D eigenvalue weighted by Gasteiger charge is 2.32. The molecule has 0 bridgehead atoms. The van der Waals surface area contributed by atoms with E-state index in [4.69, 9.17) is 11.6 Å². The minimum atomic E-state index is -0.579. The standard InChI is InChI=1S/C23H24ClN3O2/c1-14(2)21(26-22(28)15-7-9-16(24)10-8-15)23(29)27-12-11-20-18(13-27)17-5-3-4-6-19(17)25-20/h3-10,14,21,25H,11-13H2,1-2H3,(H,26,28)/t21-/m1/s1. The largest absolute Gasteiger partial charge is 0.358 e. The van der Waals surface area contributed by atoms with Crippen molar-refractivity contribution in [1.82, 2.24) is 15.2 Å². The molecule has 1 aromatic heterocycles. The summed E-state index contributed by atoms with van der Waals surface area (Å²) in [4.78, 5) is 31.3. The highest BCUT2D eigenvalue weighted by molar-refractivity contribution is 6.30. The molecule has 3 aromatic rings. The SMILES string of the molecule is CC(C)[C@@H](NC(=O)c1ccc(Cl)cc1)C(=O)N1CCc2[nH]c3ccccc3c2C1. The van der Waals surface area contributed by atoms with Crippen LogP contribution in [0.4, 0.5) is 0 Å². The average Bonchev–Trinajstić information content (AvgIpc) is 3.09. The van der Waals surface area contributed by atoms with Crippen molar-refractivity contribution in [3.63, 3.8) is 0 Å². The van der Waals surface area contributed by atoms with Gasteiger partial charge in [0.2, 0.25) is 5.91 Å². The van der Waals surface area contributed by atoms with E-state index in [9.17, 15) is 9.59 Å². The maximum Gasteiger partial charge on any atom is 0.251 e. The number of halogens is 1. The Kier molecular flexibility index (Phi) is 5.33. The van der Waals surface area contributed by atoms with E-state index < -0.39 is 6.04 Å². The Hall–Kier alpha value is -2.79. The van der Waals surface area contributed by atoms with E-state index in [0.717, 1.165) is 17.3 Å². The van der Waals surface area contributed by atoms with E-state index in [1.807, 2.05) is 30.9 Å². The minimum absolute atomic E-state index is 0.0249. The van der Waals surface area contributed by atoms with E-state index in [2.05, 4.69) is 22.4 Å². The van der Waals surface area contributed by atoms with Crippen LogP contribution in [0.1, 0.15) is 35.5 Å². The Bertz CT molecular complexity index is 1060. The third-order valence-corrected chi connectivity index (χ3v) is 5.77. The van der Waals surface area contributed by atoms with Crippen LogP contribution in [-0.4, -0.2) is 34.3 Å². The van der Waals surface area contributed by atoms with E-state index >= 15 is 0 Å². The third-order valence-electron chi connectivity index (χ3n) is 5.52. The number of nitrogens with one attached hydrogen (secondary N) is 2. The van der Waals surface area contributed by atoms with Crippen LogP contribution in [0, 0.1) is 5.92 Å². The lowest BCUT2D eigenvalue weighted by Gasteiger charge is -2.32. The first-order chi connectivity index (χ1) is 13.9. The molecule has 1 atom stereocenters. The molecule has 0 unspecified atom stereocenters. The zero-order valence-electron chi connectivity index (χ0n) is 16.5. The van der Waals surface area contributed by atoms with Gasteiger partial charge in [0, 0.05) is 52.3 Å². The lowest BCUT2D eigenvalue weighted by Crippen LogP contribution is -2.52. The van der Waals surface area contributed by atoms with Crippen molar-refractivity contribution in [2.75, 3.05) is 6.54 Å². The molecule has 2 aromatic carbocycles. The van der Waals surface area contributed by atoms with Crippen LogP contribution in [-0.2, 0) is 17.8 Å². The molecule has 0 spiro atoms. The predicted octanol–water partition coefficient (Wildman–Crippen LogP) is 4.16. The van der Waals surface area contributed by atoms with Gasteiger partial charge in [-0.2, -0.15) is 0 Å². The monoisotopic (exact) mass is 409 g/mol. The first-order valence-electron chi connectivity index (χ1n) is 9.87. The van der Waals surface area contributed by atoms with Crippen molar-refractivity contribution in [3.8, 4) is 0 Å². The summed E-state index contributed by atoms with van der Waals surface area (Å²) in [5.41, 5.74) is 3.96. The van der Waals surface area contributed by atoms with E-state index in [0.29, 0.717) is 23.7 Å². The summed E-state index contributed by atoms with van der Waals surface area (Å²) in [6, 6.07) is 14.3. The van der Waals surface area contributed by atoms with Crippen LogP contribution < -0.4 is 5.32 Å². The summed E-state index contributed by atoms with van der Waals surface area (Å²) < 4.78 is 0. The number of carbonyl (C=O) groups excluding carboxylic acids is 2. The number of H-pyrrole nitrogens is 1. The van der Waals surface area contributed by atoms with E-state index in [1.54, 1.807) is 24.3 Å². The first kappa shape index (κ1) is 19.5. The Balaban J connectivity index is 1.53. The van der Waals surface area contributed by atoms with Crippen LogP contribution in [0.15, 0.2) is 48.5 Å². The highest BCUT2D eigenvalue weighted by Crippen LogP contribution is 2.28. The summed E-state index contributed by atoms with van der Waals surface area (Å²) in [5.74, 6) is -0.333. The fourth-order valence-corrected chi connectivity index (χ4v) is 4.02. The molecule has 0 saturated carbocycles. The molecule has 1 aliphatic rings. The molecule has 0 saturated heterocycles. The quantitative estimate of drug-likeness (QED) is 0.679. The lowest BCUT2D eigenvalue weighted by atomic mass is 9.99. The highest BCUT2D eigenvalue weighted by atomic mass is 35.5. The van der Waals surface area contributed by atoms with Gasteiger partial charge < -0.3 is 15.2 Å². The number of hydrogen-bond acceptors (Lipinski definition) is 2. The van der Waals surface area contributed by atoms with Crippen molar-refractivity contribution < 1.29 is 9.59 Å². The number of fused-ring (bicyclic) bond motifs is 3. The van der Waals surface area contributed by atoms with Gasteiger partial charge in [0.05, 0.1) is 0 Å². The van der Waals surface area contributed by atoms with Crippen LogP contribution in [0.5, 0.6) is 0 Å². The Labute approximate surface area is 175 Å². The zero-order chi connectivity index (χ0) is 20.5. The van der Waals surface area contributed by atoms with Crippen LogP contribution >= 0.6 is 11.6 Å². The zero-order valence-corrected chi connectivity index (χ0v) is 17.3. The number of aromatic amines is 1. The molecule has 0 radical (unpaired) electrons. The molecule has 2 N–H and O–H groups in total. The maximum atomic E-state index is 13.3. The van der Waals surface area contributed by atoms with Gasteiger partial charge in [-0.05, 0) is 36.2 Å². The van der Waals surface area contributed by atoms with Gasteiger partial charge in [0.15, 0.2) is 0 Å². The smallest absolute Gasteiger partial charge is 0.251 e. The van der Waals surface area contributed by atoms with Gasteiger partial charge in [-0.3, -0.25) is 9.59 Å². The van der Waals surface area contributed by atoms with Crippen molar-refractivity contribution in [1.29, 1.82) is 0 Å².